The van der Waals surface area contributed by atoms with E-state index in [1.165, 1.54) is 9.75 Å². The van der Waals surface area contributed by atoms with Gasteiger partial charge in [0.1, 0.15) is 0 Å². The van der Waals surface area contributed by atoms with Crippen molar-refractivity contribution in [2.45, 2.75) is 60.0 Å². The molecular weight excluding hydrogens is 380 g/mol. The highest BCUT2D eigenvalue weighted by Crippen LogP contribution is 2.19. The summed E-state index contributed by atoms with van der Waals surface area (Å²) >= 11 is 1.72. The molecule has 0 radical (unpaired) electrons. The molecule has 1 aromatic carbocycles. The lowest BCUT2D eigenvalue weighted by Gasteiger charge is -2.29. The zero-order chi connectivity index (χ0) is 21.2. The summed E-state index contributed by atoms with van der Waals surface area (Å²) in [5.74, 6) is 0.464. The van der Waals surface area contributed by atoms with Crippen LogP contribution in [0.3, 0.4) is 0 Å². The fourth-order valence-corrected chi connectivity index (χ4v) is 4.10. The third-order valence-corrected chi connectivity index (χ3v) is 6.07. The normalized spacial score (nSPS) is 11.9. The van der Waals surface area contributed by atoms with E-state index in [9.17, 15) is 9.59 Å². The summed E-state index contributed by atoms with van der Waals surface area (Å²) in [7, 11) is 0. The molecule has 2 amide bonds. The van der Waals surface area contributed by atoms with Gasteiger partial charge in [-0.3, -0.25) is 9.59 Å². The average Bonchev–Trinajstić information content (AvgIpc) is 3.12. The standard InChI is InChI=1S/C24H34N2O2S/c1-5-10-23(27)25(15-19(3)6-2)18-24(28)26(16-21-11-8-7-9-12-21)17-22-14-13-20(4)29-22/h7-9,11-14,19H,5-6,10,15-18H2,1-4H3/t19-/m1/s1. The highest BCUT2D eigenvalue weighted by atomic mass is 32.1. The van der Waals surface area contributed by atoms with Gasteiger partial charge in [0.25, 0.3) is 0 Å². The van der Waals surface area contributed by atoms with Crippen LogP contribution in [0.25, 0.3) is 0 Å². The summed E-state index contributed by atoms with van der Waals surface area (Å²) < 4.78 is 0. The number of nitrogens with zero attached hydrogens (tertiary/aromatic N) is 2. The van der Waals surface area contributed by atoms with Crippen molar-refractivity contribution in [3.05, 3.63) is 57.8 Å². The van der Waals surface area contributed by atoms with Crippen LogP contribution in [-0.4, -0.2) is 34.7 Å². The molecule has 5 heteroatoms. The number of hydrogen-bond acceptors (Lipinski definition) is 3. The molecule has 2 rings (SSSR count). The molecule has 29 heavy (non-hydrogen) atoms. The minimum atomic E-state index is 0.00709. The lowest BCUT2D eigenvalue weighted by Crippen LogP contribution is -2.44. The van der Waals surface area contributed by atoms with Crippen molar-refractivity contribution in [3.8, 4) is 0 Å². The fourth-order valence-electron chi connectivity index (χ4n) is 3.19. The molecular formula is C24H34N2O2S. The van der Waals surface area contributed by atoms with E-state index in [1.807, 2.05) is 42.2 Å². The van der Waals surface area contributed by atoms with E-state index in [4.69, 9.17) is 0 Å². The molecule has 0 bridgehead atoms. The van der Waals surface area contributed by atoms with Crippen LogP contribution in [0.15, 0.2) is 42.5 Å². The zero-order valence-corrected chi connectivity index (χ0v) is 19.0. The third kappa shape index (κ3) is 7.65. The Morgan fingerprint density at radius 2 is 1.69 bits per heavy atom. The van der Waals surface area contributed by atoms with Gasteiger partial charge in [-0.25, -0.2) is 0 Å². The maximum atomic E-state index is 13.3. The van der Waals surface area contributed by atoms with Gasteiger partial charge in [-0.15, -0.1) is 11.3 Å². The van der Waals surface area contributed by atoms with Crippen molar-refractivity contribution in [3.63, 3.8) is 0 Å². The molecule has 0 aliphatic carbocycles. The second kappa shape index (κ2) is 11.8. The second-order valence-electron chi connectivity index (χ2n) is 7.79. The van der Waals surface area contributed by atoms with Gasteiger partial charge in [-0.05, 0) is 37.0 Å². The molecule has 4 nitrogen and oxygen atoms in total. The van der Waals surface area contributed by atoms with Crippen LogP contribution in [0.2, 0.25) is 0 Å². The number of thiophene rings is 1. The van der Waals surface area contributed by atoms with Gasteiger partial charge >= 0.3 is 0 Å². The Kier molecular flexibility index (Phi) is 9.39. The number of hydrogen-bond donors (Lipinski definition) is 0. The molecule has 0 N–H and O–H groups in total. The number of carbonyl (C=O) groups is 2. The maximum absolute atomic E-state index is 13.3. The zero-order valence-electron chi connectivity index (χ0n) is 18.2. The summed E-state index contributed by atoms with van der Waals surface area (Å²) in [4.78, 5) is 32.0. The van der Waals surface area contributed by atoms with Crippen LogP contribution in [0.5, 0.6) is 0 Å². The van der Waals surface area contributed by atoms with Crippen LogP contribution >= 0.6 is 11.3 Å². The number of rotatable bonds is 11. The van der Waals surface area contributed by atoms with E-state index < -0.39 is 0 Å². The molecule has 1 heterocycles. The molecule has 0 aliphatic rings. The van der Waals surface area contributed by atoms with E-state index in [1.54, 1.807) is 16.2 Å². The minimum Gasteiger partial charge on any atom is -0.333 e. The smallest absolute Gasteiger partial charge is 0.242 e. The van der Waals surface area contributed by atoms with Gasteiger partial charge < -0.3 is 9.80 Å². The van der Waals surface area contributed by atoms with Crippen molar-refractivity contribution >= 4 is 23.2 Å². The molecule has 0 aliphatic heterocycles. The summed E-state index contributed by atoms with van der Waals surface area (Å²) in [6.45, 7) is 10.2. The molecule has 0 unspecified atom stereocenters. The molecule has 0 spiro atoms. The minimum absolute atomic E-state index is 0.00709. The molecule has 1 atom stereocenters. The summed E-state index contributed by atoms with van der Waals surface area (Å²) in [6, 6.07) is 14.2. The lowest BCUT2D eigenvalue weighted by atomic mass is 10.1. The topological polar surface area (TPSA) is 40.6 Å². The Bertz CT molecular complexity index is 772. The van der Waals surface area contributed by atoms with Gasteiger partial charge in [0.2, 0.25) is 11.8 Å². The van der Waals surface area contributed by atoms with Crippen LogP contribution in [0.4, 0.5) is 0 Å². The Hall–Kier alpha value is -2.14. The van der Waals surface area contributed by atoms with Crippen molar-refractivity contribution < 1.29 is 9.59 Å². The summed E-state index contributed by atoms with van der Waals surface area (Å²) in [6.07, 6.45) is 2.28. The third-order valence-electron chi connectivity index (χ3n) is 5.08. The quantitative estimate of drug-likeness (QED) is 0.503. The first-order valence-corrected chi connectivity index (χ1v) is 11.4. The SMILES string of the molecule is CCCC(=O)N(CC(=O)N(Cc1ccccc1)Cc1ccc(C)s1)C[C@H](C)CC. The molecule has 0 saturated heterocycles. The monoisotopic (exact) mass is 414 g/mol. The Balaban J connectivity index is 2.17. The highest BCUT2D eigenvalue weighted by Gasteiger charge is 2.23. The van der Waals surface area contributed by atoms with Crippen molar-refractivity contribution in [1.29, 1.82) is 0 Å². The first-order chi connectivity index (χ1) is 13.9. The molecule has 0 saturated carbocycles. The van der Waals surface area contributed by atoms with E-state index in [2.05, 4.69) is 32.9 Å². The number of benzene rings is 1. The average molecular weight is 415 g/mol. The van der Waals surface area contributed by atoms with Crippen LogP contribution in [0, 0.1) is 12.8 Å². The molecule has 2 aromatic rings. The number of amides is 2. The van der Waals surface area contributed by atoms with Crippen molar-refractivity contribution in [1.82, 2.24) is 9.80 Å². The largest absolute Gasteiger partial charge is 0.333 e. The summed E-state index contributed by atoms with van der Waals surface area (Å²) in [5.41, 5.74) is 1.10. The van der Waals surface area contributed by atoms with E-state index in [-0.39, 0.29) is 18.4 Å². The van der Waals surface area contributed by atoms with Crippen LogP contribution in [-0.2, 0) is 22.7 Å². The van der Waals surface area contributed by atoms with Crippen LogP contribution in [0.1, 0.15) is 55.4 Å². The van der Waals surface area contributed by atoms with E-state index in [0.29, 0.717) is 32.0 Å². The number of aryl methyl sites for hydroxylation is 1. The first kappa shape index (κ1) is 23.1. The van der Waals surface area contributed by atoms with Gasteiger partial charge in [0.15, 0.2) is 0 Å². The maximum Gasteiger partial charge on any atom is 0.242 e. The summed E-state index contributed by atoms with van der Waals surface area (Å²) in [5, 5.41) is 0. The molecule has 158 valence electrons. The van der Waals surface area contributed by atoms with E-state index >= 15 is 0 Å². The Morgan fingerprint density at radius 3 is 2.28 bits per heavy atom. The van der Waals surface area contributed by atoms with Gasteiger partial charge in [0.05, 0.1) is 13.1 Å². The second-order valence-corrected chi connectivity index (χ2v) is 9.16. The van der Waals surface area contributed by atoms with Gasteiger partial charge in [-0.1, -0.05) is 57.5 Å². The van der Waals surface area contributed by atoms with Gasteiger partial charge in [-0.2, -0.15) is 0 Å². The first-order valence-electron chi connectivity index (χ1n) is 10.6. The molecule has 1 aromatic heterocycles. The Labute approximate surface area is 179 Å². The van der Waals surface area contributed by atoms with Crippen molar-refractivity contribution in [2.75, 3.05) is 13.1 Å². The lowest BCUT2D eigenvalue weighted by molar-refractivity contribution is -0.141. The van der Waals surface area contributed by atoms with Crippen molar-refractivity contribution in [2.24, 2.45) is 5.92 Å². The van der Waals surface area contributed by atoms with Gasteiger partial charge in [0, 0.05) is 29.3 Å². The predicted octanol–water partition coefficient (Wildman–Crippen LogP) is 5.26. The predicted molar refractivity (Wildman–Crippen MR) is 121 cm³/mol. The fraction of sp³-hybridized carbons (Fsp3) is 0.500. The Morgan fingerprint density at radius 1 is 0.966 bits per heavy atom. The van der Waals surface area contributed by atoms with Crippen LogP contribution < -0.4 is 0 Å². The molecule has 0 fully saturated rings. The highest BCUT2D eigenvalue weighted by molar-refractivity contribution is 7.11. The van der Waals surface area contributed by atoms with E-state index in [0.717, 1.165) is 18.4 Å². The number of carbonyl (C=O) groups excluding carboxylic acids is 2.